The molecule has 0 spiro atoms. The maximum Gasteiger partial charge on any atom is 0.422 e. The third-order valence-corrected chi connectivity index (χ3v) is 3.33. The Labute approximate surface area is 135 Å². The Balaban J connectivity index is 2.02. The zero-order valence-corrected chi connectivity index (χ0v) is 12.7. The topological polar surface area (TPSA) is 76.1 Å². The SMILES string of the molecule is C[C@@H]1CN(C(=O)c2ccc(OCC(F)(F)F)cc2)CC(C(=O)O)O1. The lowest BCUT2D eigenvalue weighted by molar-refractivity contribution is -0.160. The van der Waals surface area contributed by atoms with E-state index in [1.165, 1.54) is 29.2 Å². The number of carboxylic acid groups (broad SMARTS) is 1. The minimum atomic E-state index is -4.44. The van der Waals surface area contributed by atoms with E-state index in [0.29, 0.717) is 0 Å². The highest BCUT2D eigenvalue weighted by atomic mass is 19.4. The van der Waals surface area contributed by atoms with E-state index in [9.17, 15) is 22.8 Å². The standard InChI is InChI=1S/C15H16F3NO5/c1-9-6-19(7-12(24-9)14(21)22)13(20)10-2-4-11(5-3-10)23-8-15(16,17)18/h2-5,9,12H,6-8H2,1H3,(H,21,22)/t9-,12?/m1/s1. The van der Waals surface area contributed by atoms with Crippen LogP contribution in [-0.2, 0) is 9.53 Å². The molecule has 1 aromatic carbocycles. The molecule has 2 rings (SSSR count). The lowest BCUT2D eigenvalue weighted by atomic mass is 10.1. The highest BCUT2D eigenvalue weighted by Crippen LogP contribution is 2.20. The summed E-state index contributed by atoms with van der Waals surface area (Å²) in [5, 5.41) is 9.02. The zero-order chi connectivity index (χ0) is 17.9. The van der Waals surface area contributed by atoms with E-state index >= 15 is 0 Å². The number of nitrogens with zero attached hydrogens (tertiary/aromatic N) is 1. The Morgan fingerprint density at radius 1 is 1.29 bits per heavy atom. The van der Waals surface area contributed by atoms with Crippen LogP contribution in [0.3, 0.4) is 0 Å². The van der Waals surface area contributed by atoms with Crippen LogP contribution in [-0.4, -0.2) is 60.0 Å². The lowest BCUT2D eigenvalue weighted by Gasteiger charge is -2.35. The molecule has 1 aliphatic rings. The lowest BCUT2D eigenvalue weighted by Crippen LogP contribution is -2.51. The minimum Gasteiger partial charge on any atom is -0.484 e. The molecule has 24 heavy (non-hydrogen) atoms. The summed E-state index contributed by atoms with van der Waals surface area (Å²) in [6.07, 6.45) is -5.98. The third kappa shape index (κ3) is 4.85. The number of alkyl halides is 3. The third-order valence-electron chi connectivity index (χ3n) is 3.33. The van der Waals surface area contributed by atoms with E-state index in [2.05, 4.69) is 4.74 Å². The highest BCUT2D eigenvalue weighted by Gasteiger charge is 2.33. The predicted octanol–water partition coefficient (Wildman–Crippen LogP) is 1.94. The molecule has 132 valence electrons. The van der Waals surface area contributed by atoms with Crippen molar-refractivity contribution < 1.29 is 37.3 Å². The monoisotopic (exact) mass is 347 g/mol. The highest BCUT2D eigenvalue weighted by molar-refractivity contribution is 5.94. The van der Waals surface area contributed by atoms with E-state index in [4.69, 9.17) is 9.84 Å². The van der Waals surface area contributed by atoms with Gasteiger partial charge in [0.1, 0.15) is 5.75 Å². The fourth-order valence-electron chi connectivity index (χ4n) is 2.30. The van der Waals surface area contributed by atoms with Gasteiger partial charge in [-0.05, 0) is 31.2 Å². The number of carboxylic acids is 1. The van der Waals surface area contributed by atoms with Crippen LogP contribution in [0, 0.1) is 0 Å². The van der Waals surface area contributed by atoms with Crippen LogP contribution in [0.25, 0.3) is 0 Å². The summed E-state index contributed by atoms with van der Waals surface area (Å²) in [4.78, 5) is 24.8. The van der Waals surface area contributed by atoms with Crippen molar-refractivity contribution in [2.24, 2.45) is 0 Å². The number of aliphatic carboxylic acids is 1. The van der Waals surface area contributed by atoms with Crippen LogP contribution in [0.5, 0.6) is 5.75 Å². The van der Waals surface area contributed by atoms with Crippen molar-refractivity contribution in [3.8, 4) is 5.75 Å². The molecule has 0 aliphatic carbocycles. The summed E-state index contributed by atoms with van der Waals surface area (Å²) in [5.74, 6) is -1.59. The van der Waals surface area contributed by atoms with Crippen molar-refractivity contribution in [2.45, 2.75) is 25.3 Å². The van der Waals surface area contributed by atoms with E-state index in [1.807, 2.05) is 0 Å². The molecular weight excluding hydrogens is 331 g/mol. The molecule has 1 amide bonds. The largest absolute Gasteiger partial charge is 0.484 e. The first kappa shape index (κ1) is 18.1. The number of amides is 1. The van der Waals surface area contributed by atoms with Crippen LogP contribution in [0.4, 0.5) is 13.2 Å². The summed E-state index contributed by atoms with van der Waals surface area (Å²) in [6, 6.07) is 5.20. The fourth-order valence-corrected chi connectivity index (χ4v) is 2.30. The molecule has 1 aliphatic heterocycles. The maximum absolute atomic E-state index is 12.4. The molecule has 0 radical (unpaired) electrons. The number of morpholine rings is 1. The second-order valence-corrected chi connectivity index (χ2v) is 5.41. The van der Waals surface area contributed by atoms with Crippen LogP contribution >= 0.6 is 0 Å². The molecule has 9 heteroatoms. The van der Waals surface area contributed by atoms with Crippen molar-refractivity contribution in [3.63, 3.8) is 0 Å². The normalized spacial score (nSPS) is 21.4. The summed E-state index contributed by atoms with van der Waals surface area (Å²) in [7, 11) is 0. The van der Waals surface area contributed by atoms with Gasteiger partial charge in [0.25, 0.3) is 5.91 Å². The summed E-state index contributed by atoms with van der Waals surface area (Å²) >= 11 is 0. The van der Waals surface area contributed by atoms with Gasteiger partial charge in [-0.15, -0.1) is 0 Å². The van der Waals surface area contributed by atoms with E-state index < -0.39 is 36.9 Å². The number of hydrogen-bond acceptors (Lipinski definition) is 4. The number of benzene rings is 1. The Kier molecular flexibility index (Phi) is 5.33. The number of carbonyl (C=O) groups is 2. The number of hydrogen-bond donors (Lipinski definition) is 1. The molecule has 6 nitrogen and oxygen atoms in total. The van der Waals surface area contributed by atoms with Crippen molar-refractivity contribution in [1.29, 1.82) is 0 Å². The van der Waals surface area contributed by atoms with Crippen molar-refractivity contribution in [2.75, 3.05) is 19.7 Å². The molecule has 0 saturated carbocycles. The average molecular weight is 347 g/mol. The molecule has 2 atom stereocenters. The molecule has 0 bridgehead atoms. The number of ether oxygens (including phenoxy) is 2. The van der Waals surface area contributed by atoms with Crippen molar-refractivity contribution in [3.05, 3.63) is 29.8 Å². The Bertz CT molecular complexity index is 602. The smallest absolute Gasteiger partial charge is 0.422 e. The van der Waals surface area contributed by atoms with E-state index in [0.717, 1.165) is 0 Å². The molecular formula is C15H16F3NO5. The Hall–Kier alpha value is -2.29. The van der Waals surface area contributed by atoms with Gasteiger partial charge in [0, 0.05) is 12.1 Å². The Morgan fingerprint density at radius 3 is 2.46 bits per heavy atom. The number of rotatable bonds is 4. The molecule has 0 aromatic heterocycles. The van der Waals surface area contributed by atoms with Crippen LogP contribution in [0.2, 0.25) is 0 Å². The molecule has 1 unspecified atom stereocenters. The van der Waals surface area contributed by atoms with E-state index in [1.54, 1.807) is 6.92 Å². The van der Waals surface area contributed by atoms with Gasteiger partial charge in [-0.3, -0.25) is 4.79 Å². The van der Waals surface area contributed by atoms with Gasteiger partial charge in [-0.1, -0.05) is 0 Å². The molecule has 1 saturated heterocycles. The summed E-state index contributed by atoms with van der Waals surface area (Å²) in [6.45, 7) is 0.380. The number of carbonyl (C=O) groups excluding carboxylic acids is 1. The predicted molar refractivity (Wildman–Crippen MR) is 75.9 cm³/mol. The molecule has 1 heterocycles. The van der Waals surface area contributed by atoms with Gasteiger partial charge in [-0.25, -0.2) is 4.79 Å². The van der Waals surface area contributed by atoms with Gasteiger partial charge in [0.2, 0.25) is 0 Å². The van der Waals surface area contributed by atoms with Crippen LogP contribution in [0.1, 0.15) is 17.3 Å². The first-order valence-corrected chi connectivity index (χ1v) is 7.13. The van der Waals surface area contributed by atoms with Gasteiger partial charge in [0.05, 0.1) is 12.6 Å². The van der Waals surface area contributed by atoms with Crippen molar-refractivity contribution in [1.82, 2.24) is 4.90 Å². The van der Waals surface area contributed by atoms with Gasteiger partial charge in [-0.2, -0.15) is 13.2 Å². The van der Waals surface area contributed by atoms with Gasteiger partial charge in [0.15, 0.2) is 12.7 Å². The van der Waals surface area contributed by atoms with Gasteiger partial charge >= 0.3 is 12.1 Å². The van der Waals surface area contributed by atoms with Gasteiger partial charge < -0.3 is 19.5 Å². The minimum absolute atomic E-state index is 0.0115. The van der Waals surface area contributed by atoms with Crippen LogP contribution < -0.4 is 4.74 Å². The van der Waals surface area contributed by atoms with Crippen LogP contribution in [0.15, 0.2) is 24.3 Å². The molecule has 1 aromatic rings. The van der Waals surface area contributed by atoms with E-state index in [-0.39, 0.29) is 24.4 Å². The fraction of sp³-hybridized carbons (Fsp3) is 0.467. The maximum atomic E-state index is 12.4. The summed E-state index contributed by atoms with van der Waals surface area (Å²) < 4.78 is 46.0. The van der Waals surface area contributed by atoms with Crippen molar-refractivity contribution >= 4 is 11.9 Å². The second kappa shape index (κ2) is 7.08. The summed E-state index contributed by atoms with van der Waals surface area (Å²) in [5.41, 5.74) is 0.229. The Morgan fingerprint density at radius 2 is 1.92 bits per heavy atom. The number of halogens is 3. The molecule has 1 N–H and O–H groups in total. The zero-order valence-electron chi connectivity index (χ0n) is 12.7. The first-order valence-electron chi connectivity index (χ1n) is 7.13. The average Bonchev–Trinajstić information content (AvgIpc) is 2.51. The first-order chi connectivity index (χ1) is 11.2. The quantitative estimate of drug-likeness (QED) is 0.901. The second-order valence-electron chi connectivity index (χ2n) is 5.41. The molecule has 1 fully saturated rings.